The molecule has 2 aromatic rings. The fraction of sp³-hybridized carbons (Fsp3) is 0.400. The summed E-state index contributed by atoms with van der Waals surface area (Å²) in [4.78, 5) is 18.9. The van der Waals surface area contributed by atoms with Crippen LogP contribution in [0.3, 0.4) is 0 Å². The van der Waals surface area contributed by atoms with E-state index in [1.807, 2.05) is 7.05 Å². The first-order valence-corrected chi connectivity index (χ1v) is 6.67. The van der Waals surface area contributed by atoms with E-state index in [4.69, 9.17) is 0 Å². The zero-order valence-corrected chi connectivity index (χ0v) is 11.4. The second kappa shape index (κ2) is 4.70. The molecule has 0 saturated heterocycles. The monoisotopic (exact) mass is 257 g/mol. The average molecular weight is 257 g/mol. The number of amides is 1. The molecule has 0 radical (unpaired) electrons. The molecule has 1 amide bonds. The third-order valence-electron chi connectivity index (χ3n) is 3.91. The Kier molecular flexibility index (Phi) is 3.03. The predicted octanol–water partition coefficient (Wildman–Crippen LogP) is 1.96. The molecule has 1 N–H and O–H groups in total. The molecule has 0 saturated carbocycles. The summed E-state index contributed by atoms with van der Waals surface area (Å²) in [6.45, 7) is 4.20. The Morgan fingerprint density at radius 3 is 3.00 bits per heavy atom. The smallest absolute Gasteiger partial charge is 0.220 e. The average Bonchev–Trinajstić information content (AvgIpc) is 2.76. The molecule has 1 aromatic heterocycles. The van der Waals surface area contributed by atoms with Gasteiger partial charge in [0.1, 0.15) is 0 Å². The summed E-state index contributed by atoms with van der Waals surface area (Å²) < 4.78 is 0. The third-order valence-corrected chi connectivity index (χ3v) is 3.91. The Labute approximate surface area is 113 Å². The summed E-state index contributed by atoms with van der Waals surface area (Å²) in [5.74, 6) is 0.113. The Hall–Kier alpha value is -1.81. The molecule has 0 aliphatic carbocycles. The van der Waals surface area contributed by atoms with Gasteiger partial charge in [0.05, 0.1) is 6.67 Å². The molecule has 4 nitrogen and oxygen atoms in total. The molecule has 0 bridgehead atoms. The number of para-hydroxylation sites is 1. The van der Waals surface area contributed by atoms with Crippen LogP contribution in [-0.4, -0.2) is 41.0 Å². The van der Waals surface area contributed by atoms with E-state index in [-0.39, 0.29) is 5.91 Å². The van der Waals surface area contributed by atoms with E-state index in [0.29, 0.717) is 6.67 Å². The molecular formula is C15H19N3O. The third kappa shape index (κ3) is 2.24. The van der Waals surface area contributed by atoms with E-state index in [1.54, 1.807) is 11.8 Å². The van der Waals surface area contributed by atoms with Crippen LogP contribution in [0.25, 0.3) is 10.9 Å². The van der Waals surface area contributed by atoms with Crippen molar-refractivity contribution in [3.8, 4) is 0 Å². The van der Waals surface area contributed by atoms with Crippen molar-refractivity contribution in [1.29, 1.82) is 0 Å². The zero-order valence-electron chi connectivity index (χ0n) is 11.4. The number of benzene rings is 1. The Balaban J connectivity index is 1.82. The van der Waals surface area contributed by atoms with Crippen LogP contribution in [0.5, 0.6) is 0 Å². The van der Waals surface area contributed by atoms with Crippen molar-refractivity contribution in [2.24, 2.45) is 0 Å². The van der Waals surface area contributed by atoms with Gasteiger partial charge in [0.15, 0.2) is 0 Å². The number of hydrogen-bond acceptors (Lipinski definition) is 2. The molecule has 2 heterocycles. The highest BCUT2D eigenvalue weighted by Gasteiger charge is 2.21. The molecule has 0 atom stereocenters. The number of hydrogen-bond donors (Lipinski definition) is 1. The number of aromatic amines is 1. The standard InChI is InChI=1S/C15H19N3O/c1-11(19)17(2)10-18-8-7-13-12-5-3-4-6-14(12)16-15(13)9-18/h3-6,16H,7-10H2,1-2H3. The Bertz CT molecular complexity index is 617. The van der Waals surface area contributed by atoms with Crippen LogP contribution in [0.1, 0.15) is 18.2 Å². The molecule has 100 valence electrons. The summed E-state index contributed by atoms with van der Waals surface area (Å²) in [7, 11) is 1.85. The van der Waals surface area contributed by atoms with Crippen molar-refractivity contribution < 1.29 is 4.79 Å². The van der Waals surface area contributed by atoms with Gasteiger partial charge >= 0.3 is 0 Å². The van der Waals surface area contributed by atoms with Crippen molar-refractivity contribution >= 4 is 16.8 Å². The second-order valence-electron chi connectivity index (χ2n) is 5.29. The maximum absolute atomic E-state index is 11.3. The van der Waals surface area contributed by atoms with Crippen LogP contribution < -0.4 is 0 Å². The van der Waals surface area contributed by atoms with E-state index in [1.165, 1.54) is 22.2 Å². The van der Waals surface area contributed by atoms with Gasteiger partial charge in [-0.15, -0.1) is 0 Å². The van der Waals surface area contributed by atoms with Gasteiger partial charge in [0.2, 0.25) is 5.91 Å². The van der Waals surface area contributed by atoms with Crippen molar-refractivity contribution in [2.45, 2.75) is 19.9 Å². The Morgan fingerprint density at radius 1 is 1.42 bits per heavy atom. The van der Waals surface area contributed by atoms with E-state index < -0.39 is 0 Å². The van der Waals surface area contributed by atoms with E-state index in [2.05, 4.69) is 34.1 Å². The van der Waals surface area contributed by atoms with E-state index in [9.17, 15) is 4.79 Å². The molecular weight excluding hydrogens is 238 g/mol. The second-order valence-corrected chi connectivity index (χ2v) is 5.29. The number of nitrogens with one attached hydrogen (secondary N) is 1. The summed E-state index contributed by atoms with van der Waals surface area (Å²) in [6, 6.07) is 8.46. The van der Waals surface area contributed by atoms with Crippen LogP contribution in [0.4, 0.5) is 0 Å². The van der Waals surface area contributed by atoms with Crippen LogP contribution >= 0.6 is 0 Å². The van der Waals surface area contributed by atoms with Gasteiger partial charge in [-0.3, -0.25) is 9.69 Å². The predicted molar refractivity (Wildman–Crippen MR) is 75.7 cm³/mol. The fourth-order valence-corrected chi connectivity index (χ4v) is 2.77. The number of aromatic nitrogens is 1. The minimum atomic E-state index is 0.113. The highest BCUT2D eigenvalue weighted by Crippen LogP contribution is 2.27. The normalized spacial score (nSPS) is 15.5. The van der Waals surface area contributed by atoms with Gasteiger partial charge in [-0.25, -0.2) is 0 Å². The SMILES string of the molecule is CC(=O)N(C)CN1CCc2c([nH]c3ccccc23)C1. The lowest BCUT2D eigenvalue weighted by molar-refractivity contribution is -0.129. The number of fused-ring (bicyclic) bond motifs is 3. The van der Waals surface area contributed by atoms with Crippen LogP contribution in [0.15, 0.2) is 24.3 Å². The maximum Gasteiger partial charge on any atom is 0.220 e. The van der Waals surface area contributed by atoms with Gasteiger partial charge in [-0.1, -0.05) is 18.2 Å². The van der Waals surface area contributed by atoms with E-state index >= 15 is 0 Å². The van der Waals surface area contributed by atoms with E-state index in [0.717, 1.165) is 19.5 Å². The van der Waals surface area contributed by atoms with Crippen LogP contribution in [0.2, 0.25) is 0 Å². The zero-order chi connectivity index (χ0) is 13.4. The minimum Gasteiger partial charge on any atom is -0.357 e. The number of rotatable bonds is 2. The molecule has 4 heteroatoms. The number of carbonyl (C=O) groups is 1. The highest BCUT2D eigenvalue weighted by molar-refractivity contribution is 5.84. The lowest BCUT2D eigenvalue weighted by atomic mass is 10.0. The first-order valence-electron chi connectivity index (χ1n) is 6.67. The summed E-state index contributed by atoms with van der Waals surface area (Å²) in [6.07, 6.45) is 1.05. The molecule has 1 aliphatic rings. The lowest BCUT2D eigenvalue weighted by Gasteiger charge is -2.30. The molecule has 3 rings (SSSR count). The Morgan fingerprint density at radius 2 is 2.21 bits per heavy atom. The van der Waals surface area contributed by atoms with Gasteiger partial charge in [-0.2, -0.15) is 0 Å². The van der Waals surface area contributed by atoms with Crippen molar-refractivity contribution in [2.75, 3.05) is 20.3 Å². The van der Waals surface area contributed by atoms with Crippen LogP contribution in [-0.2, 0) is 17.8 Å². The first kappa shape index (κ1) is 12.2. The number of carbonyl (C=O) groups excluding carboxylic acids is 1. The quantitative estimate of drug-likeness (QED) is 0.893. The molecule has 1 aliphatic heterocycles. The number of nitrogens with zero attached hydrogens (tertiary/aromatic N) is 2. The van der Waals surface area contributed by atoms with Gasteiger partial charge < -0.3 is 9.88 Å². The number of H-pyrrole nitrogens is 1. The molecule has 1 aromatic carbocycles. The van der Waals surface area contributed by atoms with Crippen molar-refractivity contribution in [3.63, 3.8) is 0 Å². The molecule has 0 spiro atoms. The summed E-state index contributed by atoms with van der Waals surface area (Å²) >= 11 is 0. The maximum atomic E-state index is 11.3. The minimum absolute atomic E-state index is 0.113. The largest absolute Gasteiger partial charge is 0.357 e. The topological polar surface area (TPSA) is 39.3 Å². The van der Waals surface area contributed by atoms with Crippen LogP contribution in [0, 0.1) is 0 Å². The summed E-state index contributed by atoms with van der Waals surface area (Å²) in [5, 5.41) is 1.34. The lowest BCUT2D eigenvalue weighted by Crippen LogP contribution is -2.40. The van der Waals surface area contributed by atoms with Gasteiger partial charge in [0.25, 0.3) is 0 Å². The van der Waals surface area contributed by atoms with Gasteiger partial charge in [-0.05, 0) is 18.1 Å². The fourth-order valence-electron chi connectivity index (χ4n) is 2.77. The van der Waals surface area contributed by atoms with Gasteiger partial charge in [0, 0.05) is 43.7 Å². The molecule has 19 heavy (non-hydrogen) atoms. The summed E-state index contributed by atoms with van der Waals surface area (Å²) in [5.41, 5.74) is 3.95. The first-order chi connectivity index (χ1) is 9.15. The highest BCUT2D eigenvalue weighted by atomic mass is 16.2. The van der Waals surface area contributed by atoms with Crippen molar-refractivity contribution in [1.82, 2.24) is 14.8 Å². The molecule has 0 unspecified atom stereocenters. The molecule has 0 fully saturated rings. The van der Waals surface area contributed by atoms with Crippen molar-refractivity contribution in [3.05, 3.63) is 35.5 Å².